The van der Waals surface area contributed by atoms with Gasteiger partial charge in [0.2, 0.25) is 0 Å². The lowest BCUT2D eigenvalue weighted by Crippen LogP contribution is -2.21. The van der Waals surface area contributed by atoms with Crippen molar-refractivity contribution in [3.8, 4) is 5.75 Å². The second kappa shape index (κ2) is 6.58. The summed E-state index contributed by atoms with van der Waals surface area (Å²) in [5.74, 6) is 0.441. The lowest BCUT2D eigenvalue weighted by atomic mass is 9.98. The third kappa shape index (κ3) is 3.27. The molecule has 0 aliphatic carbocycles. The molecule has 1 aliphatic rings. The van der Waals surface area contributed by atoms with Crippen molar-refractivity contribution in [2.45, 2.75) is 17.9 Å². The molecule has 0 amide bonds. The number of hydrogen-bond donors (Lipinski definition) is 0. The third-order valence-electron chi connectivity index (χ3n) is 3.65. The first-order valence-electron chi connectivity index (χ1n) is 6.94. The number of rotatable bonds is 4. The van der Waals surface area contributed by atoms with Crippen LogP contribution in [0.4, 0.5) is 4.39 Å². The second-order valence-electron chi connectivity index (χ2n) is 5.00. The van der Waals surface area contributed by atoms with Crippen molar-refractivity contribution in [1.82, 2.24) is 0 Å². The van der Waals surface area contributed by atoms with Gasteiger partial charge in [0.15, 0.2) is 0 Å². The molecule has 0 fully saturated rings. The molecule has 3 rings (SSSR count). The van der Waals surface area contributed by atoms with Gasteiger partial charge in [0.1, 0.15) is 24.3 Å². The number of ether oxygens (including phenoxy) is 2. The predicted molar refractivity (Wildman–Crippen MR) is 83.4 cm³/mol. The fraction of sp³-hybridized carbons (Fsp3) is 0.294. The Kier molecular flexibility index (Phi) is 4.56. The fourth-order valence-electron chi connectivity index (χ4n) is 2.57. The van der Waals surface area contributed by atoms with Crippen LogP contribution in [0.1, 0.15) is 22.8 Å². The van der Waals surface area contributed by atoms with Gasteiger partial charge < -0.3 is 9.47 Å². The number of hydrogen-bond acceptors (Lipinski definition) is 2. The van der Waals surface area contributed by atoms with E-state index in [2.05, 4.69) is 28.1 Å². The minimum absolute atomic E-state index is 0.0665. The van der Waals surface area contributed by atoms with Gasteiger partial charge in [0, 0.05) is 10.9 Å². The van der Waals surface area contributed by atoms with Crippen molar-refractivity contribution in [1.29, 1.82) is 0 Å². The molecule has 0 spiro atoms. The Balaban J connectivity index is 1.74. The molecule has 4 heteroatoms. The van der Waals surface area contributed by atoms with Crippen LogP contribution >= 0.6 is 15.9 Å². The number of alkyl halides is 1. The summed E-state index contributed by atoms with van der Waals surface area (Å²) in [6, 6.07) is 12.8. The molecule has 2 aromatic rings. The molecule has 2 nitrogen and oxygen atoms in total. The van der Waals surface area contributed by atoms with Crippen LogP contribution in [0.5, 0.6) is 5.75 Å². The Morgan fingerprint density at radius 1 is 1.24 bits per heavy atom. The average molecular weight is 351 g/mol. The van der Waals surface area contributed by atoms with Crippen LogP contribution in [0.2, 0.25) is 0 Å². The second-order valence-corrected chi connectivity index (χ2v) is 5.57. The SMILES string of the molecule is Fc1ccc(OCC2OCCc3ccccc32)c(CBr)c1. The van der Waals surface area contributed by atoms with Gasteiger partial charge in [-0.15, -0.1) is 0 Å². The molecule has 1 heterocycles. The van der Waals surface area contributed by atoms with Crippen molar-refractivity contribution in [3.05, 3.63) is 65.0 Å². The van der Waals surface area contributed by atoms with Gasteiger partial charge >= 0.3 is 0 Å². The van der Waals surface area contributed by atoms with Crippen molar-refractivity contribution in [2.75, 3.05) is 13.2 Å². The van der Waals surface area contributed by atoms with E-state index < -0.39 is 0 Å². The molecule has 0 radical (unpaired) electrons. The van der Waals surface area contributed by atoms with E-state index in [4.69, 9.17) is 9.47 Å². The van der Waals surface area contributed by atoms with Crippen molar-refractivity contribution >= 4 is 15.9 Å². The molecule has 110 valence electrons. The highest BCUT2D eigenvalue weighted by molar-refractivity contribution is 9.08. The fourth-order valence-corrected chi connectivity index (χ4v) is 3.01. The van der Waals surface area contributed by atoms with E-state index in [0.717, 1.165) is 12.0 Å². The maximum absolute atomic E-state index is 13.2. The van der Waals surface area contributed by atoms with Crippen molar-refractivity contribution < 1.29 is 13.9 Å². The van der Waals surface area contributed by atoms with Crippen molar-refractivity contribution in [3.63, 3.8) is 0 Å². The molecule has 0 bridgehead atoms. The molecule has 1 atom stereocenters. The quantitative estimate of drug-likeness (QED) is 0.760. The molecule has 0 N–H and O–H groups in total. The van der Waals surface area contributed by atoms with Crippen LogP contribution in [0.25, 0.3) is 0 Å². The first-order valence-corrected chi connectivity index (χ1v) is 8.06. The van der Waals surface area contributed by atoms with Gasteiger partial charge in [-0.3, -0.25) is 0 Å². The summed E-state index contributed by atoms with van der Waals surface area (Å²) >= 11 is 3.36. The normalized spacial score (nSPS) is 17.3. The van der Waals surface area contributed by atoms with Crippen LogP contribution in [-0.4, -0.2) is 13.2 Å². The Hall–Kier alpha value is -1.39. The Labute approximate surface area is 132 Å². The Bertz CT molecular complexity index is 630. The highest BCUT2D eigenvalue weighted by atomic mass is 79.9. The first kappa shape index (κ1) is 14.5. The van der Waals surface area contributed by atoms with Crippen LogP contribution < -0.4 is 4.74 Å². The Morgan fingerprint density at radius 2 is 2.10 bits per heavy atom. The molecule has 2 aromatic carbocycles. The molecule has 1 unspecified atom stereocenters. The maximum Gasteiger partial charge on any atom is 0.123 e. The van der Waals surface area contributed by atoms with Crippen LogP contribution in [0.3, 0.4) is 0 Å². The van der Waals surface area contributed by atoms with Crippen LogP contribution in [0, 0.1) is 5.82 Å². The van der Waals surface area contributed by atoms with E-state index in [1.54, 1.807) is 6.07 Å². The number of halogens is 2. The van der Waals surface area contributed by atoms with E-state index in [0.29, 0.717) is 24.3 Å². The maximum atomic E-state index is 13.2. The molecule has 0 saturated heterocycles. The summed E-state index contributed by atoms with van der Waals surface area (Å²) < 4.78 is 24.9. The topological polar surface area (TPSA) is 18.5 Å². The standard InChI is InChI=1S/C17H16BrFO2/c18-10-13-9-14(19)5-6-16(13)21-11-17-15-4-2-1-3-12(15)7-8-20-17/h1-6,9,17H,7-8,10-11H2. The zero-order valence-electron chi connectivity index (χ0n) is 11.5. The van der Waals surface area contributed by atoms with Crippen molar-refractivity contribution in [2.24, 2.45) is 0 Å². The van der Waals surface area contributed by atoms with E-state index in [1.165, 1.54) is 23.3 Å². The summed E-state index contributed by atoms with van der Waals surface area (Å²) in [5, 5.41) is 0.558. The van der Waals surface area contributed by atoms with Gasteiger partial charge in [-0.05, 0) is 35.7 Å². The molecule has 0 aromatic heterocycles. The smallest absolute Gasteiger partial charge is 0.123 e. The summed E-state index contributed by atoms with van der Waals surface area (Å²) in [5.41, 5.74) is 3.31. The molecular formula is C17H16BrFO2. The zero-order chi connectivity index (χ0) is 14.7. The van der Waals surface area contributed by atoms with E-state index >= 15 is 0 Å². The zero-order valence-corrected chi connectivity index (χ0v) is 13.1. The molecule has 1 aliphatic heterocycles. The molecule has 0 saturated carbocycles. The molecule has 21 heavy (non-hydrogen) atoms. The number of benzene rings is 2. The minimum atomic E-state index is -0.254. The average Bonchev–Trinajstić information content (AvgIpc) is 2.53. The van der Waals surface area contributed by atoms with E-state index in [-0.39, 0.29) is 11.9 Å². The highest BCUT2D eigenvalue weighted by Crippen LogP contribution is 2.29. The van der Waals surface area contributed by atoms with Crippen LogP contribution in [0.15, 0.2) is 42.5 Å². The lowest BCUT2D eigenvalue weighted by molar-refractivity contribution is 0.0100. The molecular weight excluding hydrogens is 335 g/mol. The minimum Gasteiger partial charge on any atom is -0.490 e. The summed E-state index contributed by atoms with van der Waals surface area (Å²) in [4.78, 5) is 0. The predicted octanol–water partition coefficient (Wildman–Crippen LogP) is 4.41. The van der Waals surface area contributed by atoms with Gasteiger partial charge in [0.25, 0.3) is 0 Å². The van der Waals surface area contributed by atoms with E-state index in [1.807, 2.05) is 12.1 Å². The number of fused-ring (bicyclic) bond motifs is 1. The largest absolute Gasteiger partial charge is 0.490 e. The first-order chi connectivity index (χ1) is 10.3. The lowest BCUT2D eigenvalue weighted by Gasteiger charge is -2.26. The summed E-state index contributed by atoms with van der Waals surface area (Å²) in [7, 11) is 0. The monoisotopic (exact) mass is 350 g/mol. The van der Waals surface area contributed by atoms with Gasteiger partial charge in [-0.1, -0.05) is 40.2 Å². The highest BCUT2D eigenvalue weighted by Gasteiger charge is 2.21. The summed E-state index contributed by atoms with van der Waals surface area (Å²) in [6.45, 7) is 1.14. The van der Waals surface area contributed by atoms with Gasteiger partial charge in [0.05, 0.1) is 6.61 Å². The summed E-state index contributed by atoms with van der Waals surface area (Å²) in [6.07, 6.45) is 0.874. The third-order valence-corrected chi connectivity index (χ3v) is 4.25. The van der Waals surface area contributed by atoms with E-state index in [9.17, 15) is 4.39 Å². The van der Waals surface area contributed by atoms with Crippen LogP contribution in [-0.2, 0) is 16.5 Å². The van der Waals surface area contributed by atoms with Gasteiger partial charge in [-0.2, -0.15) is 0 Å². The Morgan fingerprint density at radius 3 is 2.95 bits per heavy atom. The van der Waals surface area contributed by atoms with Gasteiger partial charge in [-0.25, -0.2) is 4.39 Å².